The summed E-state index contributed by atoms with van der Waals surface area (Å²) in [6, 6.07) is 18.5. The van der Waals surface area contributed by atoms with Gasteiger partial charge in [-0.25, -0.2) is 9.67 Å². The molecular formula is C30H24Br2F3N7O2S2. The predicted octanol–water partition coefficient (Wildman–Crippen LogP) is 8.05. The normalized spacial score (nSPS) is 15.7. The summed E-state index contributed by atoms with van der Waals surface area (Å²) >= 11 is 13.5. The number of nitrogens with zero attached hydrogens (tertiary/aromatic N) is 6. The van der Waals surface area contributed by atoms with Crippen molar-refractivity contribution < 1.29 is 22.7 Å². The third-order valence-corrected chi connectivity index (χ3v) is 9.20. The van der Waals surface area contributed by atoms with Crippen molar-refractivity contribution in [1.29, 1.82) is 0 Å². The summed E-state index contributed by atoms with van der Waals surface area (Å²) in [6.07, 6.45) is -1.73. The van der Waals surface area contributed by atoms with Gasteiger partial charge in [0, 0.05) is 5.56 Å². The quantitative estimate of drug-likeness (QED) is 0.0876. The molecule has 238 valence electrons. The van der Waals surface area contributed by atoms with Gasteiger partial charge in [0.15, 0.2) is 11.0 Å². The standard InChI is InChI=1S/C30H24Br2F3N7O2S2/c1-17(2)23-13-4-18(3)14-24(23)42-26(43)29(31,32)46-28(42)38-27(45)39-37-15-19-5-7-20(8-6-19)25-36-16-41(40-25)21-9-11-22(12-10-21)44-30(33,34)35/h4-17H,1-3H3,(H,39,45)/b37-15+,38-28-. The molecule has 4 aromatic rings. The minimum absolute atomic E-state index is 0.0670. The van der Waals surface area contributed by atoms with E-state index in [0.717, 1.165) is 27.9 Å². The van der Waals surface area contributed by atoms with Gasteiger partial charge in [0.1, 0.15) is 12.1 Å². The number of carbonyl (C=O) groups is 1. The maximum absolute atomic E-state index is 13.4. The molecule has 0 saturated carbocycles. The number of thioether (sulfide) groups is 1. The van der Waals surface area contributed by atoms with Crippen LogP contribution in [0.25, 0.3) is 17.1 Å². The first-order valence-electron chi connectivity index (χ1n) is 13.5. The van der Waals surface area contributed by atoms with Crippen molar-refractivity contribution in [3.63, 3.8) is 0 Å². The van der Waals surface area contributed by atoms with Crippen molar-refractivity contribution in [2.45, 2.75) is 35.6 Å². The number of carbonyl (C=O) groups excluding carboxylic acids is 1. The first-order valence-corrected chi connectivity index (χ1v) is 16.3. The molecule has 9 nitrogen and oxygen atoms in total. The highest BCUT2D eigenvalue weighted by atomic mass is 79.9. The zero-order valence-corrected chi connectivity index (χ0v) is 29.1. The van der Waals surface area contributed by atoms with E-state index >= 15 is 0 Å². The van der Waals surface area contributed by atoms with Crippen LogP contribution in [-0.2, 0) is 4.79 Å². The van der Waals surface area contributed by atoms with E-state index in [1.165, 1.54) is 47.0 Å². The average molecular weight is 796 g/mol. The number of hydrogen-bond acceptors (Lipinski definition) is 7. The van der Waals surface area contributed by atoms with Gasteiger partial charge in [0.05, 0.1) is 17.6 Å². The van der Waals surface area contributed by atoms with Crippen molar-refractivity contribution in [2.75, 3.05) is 4.90 Å². The number of aliphatic imine (C=N–C) groups is 1. The molecule has 0 unspecified atom stereocenters. The molecule has 0 radical (unpaired) electrons. The van der Waals surface area contributed by atoms with E-state index in [4.69, 9.17) is 12.2 Å². The number of aryl methyl sites for hydroxylation is 1. The molecule has 0 atom stereocenters. The summed E-state index contributed by atoms with van der Waals surface area (Å²) in [4.78, 5) is 23.7. The first kappa shape index (κ1) is 33.8. The fraction of sp³-hybridized carbons (Fsp3) is 0.200. The maximum atomic E-state index is 13.4. The number of aromatic nitrogens is 3. The number of ether oxygens (including phenoxy) is 1. The van der Waals surface area contributed by atoms with Crippen molar-refractivity contribution in [3.8, 4) is 22.8 Å². The Bertz CT molecular complexity index is 1830. The zero-order valence-electron chi connectivity index (χ0n) is 24.3. The highest BCUT2D eigenvalue weighted by molar-refractivity contribution is 9.29. The van der Waals surface area contributed by atoms with Crippen molar-refractivity contribution >= 4 is 83.9 Å². The van der Waals surface area contributed by atoms with Crippen LogP contribution in [0.1, 0.15) is 36.5 Å². The number of rotatable bonds is 7. The van der Waals surface area contributed by atoms with E-state index in [1.807, 2.05) is 37.3 Å². The van der Waals surface area contributed by atoms with Gasteiger partial charge in [-0.3, -0.25) is 15.1 Å². The fourth-order valence-corrected chi connectivity index (χ4v) is 6.59. The summed E-state index contributed by atoms with van der Waals surface area (Å²) < 4.78 is 41.5. The highest BCUT2D eigenvalue weighted by Crippen LogP contribution is 2.50. The predicted molar refractivity (Wildman–Crippen MR) is 185 cm³/mol. The SMILES string of the molecule is Cc1ccc(C(C)C)c(N2C(=O)C(Br)(Br)S/C2=N\C(=S)N/N=C/c2ccc(-c3ncn(-c4ccc(OC(F)(F)F)cc4)n3)cc2)c1. The molecule has 1 aliphatic rings. The Morgan fingerprint density at radius 1 is 1.11 bits per heavy atom. The number of amides is 1. The average Bonchev–Trinajstić information content (AvgIpc) is 3.55. The van der Waals surface area contributed by atoms with Gasteiger partial charge < -0.3 is 4.74 Å². The Morgan fingerprint density at radius 3 is 2.46 bits per heavy atom. The summed E-state index contributed by atoms with van der Waals surface area (Å²) in [5, 5.41) is 9.06. The minimum Gasteiger partial charge on any atom is -0.406 e. The smallest absolute Gasteiger partial charge is 0.406 e. The Labute approximate surface area is 288 Å². The van der Waals surface area contributed by atoms with E-state index in [0.29, 0.717) is 16.7 Å². The number of halogens is 5. The van der Waals surface area contributed by atoms with Crippen molar-refractivity contribution in [1.82, 2.24) is 20.2 Å². The number of hydrazone groups is 1. The molecule has 46 heavy (non-hydrogen) atoms. The molecule has 3 aromatic carbocycles. The lowest BCUT2D eigenvalue weighted by Gasteiger charge is -2.22. The molecular weight excluding hydrogens is 771 g/mol. The van der Waals surface area contributed by atoms with Gasteiger partial charge in [0.25, 0.3) is 5.91 Å². The Kier molecular flexibility index (Phi) is 10.0. The molecule has 0 bridgehead atoms. The molecule has 1 saturated heterocycles. The van der Waals surface area contributed by atoms with Gasteiger partial charge in [-0.05, 0) is 116 Å². The number of hydrogen-bond donors (Lipinski definition) is 1. The fourth-order valence-electron chi connectivity index (χ4n) is 4.35. The molecule has 0 spiro atoms. The zero-order chi connectivity index (χ0) is 33.2. The lowest BCUT2D eigenvalue weighted by Crippen LogP contribution is -2.35. The summed E-state index contributed by atoms with van der Waals surface area (Å²) in [5.41, 5.74) is 7.47. The van der Waals surface area contributed by atoms with Crippen molar-refractivity contribution in [3.05, 3.63) is 89.7 Å². The summed E-state index contributed by atoms with van der Waals surface area (Å²) in [7, 11) is 0. The van der Waals surface area contributed by atoms with E-state index in [9.17, 15) is 18.0 Å². The third kappa shape index (κ3) is 8.03. The Morgan fingerprint density at radius 2 is 1.80 bits per heavy atom. The molecule has 0 aliphatic carbocycles. The van der Waals surface area contributed by atoms with Crippen LogP contribution in [0.4, 0.5) is 18.9 Å². The van der Waals surface area contributed by atoms with E-state index < -0.39 is 8.93 Å². The third-order valence-electron chi connectivity index (χ3n) is 6.48. The second-order valence-corrected chi connectivity index (χ2v) is 16.3. The lowest BCUT2D eigenvalue weighted by molar-refractivity contribution is -0.274. The molecule has 1 aliphatic heterocycles. The van der Waals surface area contributed by atoms with Crippen LogP contribution in [0.15, 0.2) is 83.2 Å². The number of alkyl halides is 5. The lowest BCUT2D eigenvalue weighted by atomic mass is 9.99. The highest BCUT2D eigenvalue weighted by Gasteiger charge is 2.49. The van der Waals surface area contributed by atoms with Crippen LogP contribution in [0.5, 0.6) is 5.75 Å². The second kappa shape index (κ2) is 13.6. The number of nitrogens with one attached hydrogen (secondary N) is 1. The molecule has 1 N–H and O–H groups in total. The van der Waals surface area contributed by atoms with E-state index in [2.05, 4.69) is 76.0 Å². The van der Waals surface area contributed by atoms with E-state index in [1.54, 1.807) is 23.2 Å². The van der Waals surface area contributed by atoms with Crippen LogP contribution in [-0.4, -0.2) is 46.1 Å². The monoisotopic (exact) mass is 793 g/mol. The van der Waals surface area contributed by atoms with Gasteiger partial charge in [-0.15, -0.1) is 18.3 Å². The van der Waals surface area contributed by atoms with Crippen LogP contribution in [0.2, 0.25) is 0 Å². The Balaban J connectivity index is 1.25. The number of amidine groups is 1. The molecule has 1 amide bonds. The Hall–Kier alpha value is -3.60. The summed E-state index contributed by atoms with van der Waals surface area (Å²) in [6.45, 7) is 6.09. The molecule has 5 rings (SSSR count). The van der Waals surface area contributed by atoms with Crippen LogP contribution >= 0.6 is 55.8 Å². The maximum Gasteiger partial charge on any atom is 0.573 e. The van der Waals surface area contributed by atoms with Crippen LogP contribution in [0.3, 0.4) is 0 Å². The number of thiocarbonyl (C=S) groups is 1. The van der Waals surface area contributed by atoms with Crippen molar-refractivity contribution in [2.24, 2.45) is 10.1 Å². The molecule has 1 fully saturated rings. The largest absolute Gasteiger partial charge is 0.573 e. The van der Waals surface area contributed by atoms with E-state index in [-0.39, 0.29) is 22.7 Å². The summed E-state index contributed by atoms with van der Waals surface area (Å²) in [5.74, 6) is 0.0351. The van der Waals surface area contributed by atoms with Gasteiger partial charge in [0.2, 0.25) is 7.68 Å². The number of benzene rings is 3. The first-order chi connectivity index (χ1) is 21.7. The minimum atomic E-state index is -4.76. The van der Waals surface area contributed by atoms with Gasteiger partial charge in [-0.1, -0.05) is 50.2 Å². The topological polar surface area (TPSA) is 97.0 Å². The second-order valence-electron chi connectivity index (χ2n) is 10.2. The number of anilines is 1. The van der Waals surface area contributed by atoms with Crippen LogP contribution in [0, 0.1) is 6.92 Å². The molecule has 16 heteroatoms. The van der Waals surface area contributed by atoms with Crippen LogP contribution < -0.4 is 15.1 Å². The molecule has 1 aromatic heterocycles. The van der Waals surface area contributed by atoms with Gasteiger partial charge >= 0.3 is 6.36 Å². The molecule has 2 heterocycles. The van der Waals surface area contributed by atoms with Gasteiger partial charge in [-0.2, -0.15) is 10.1 Å².